The van der Waals surface area contributed by atoms with Crippen LogP contribution in [0.5, 0.6) is 0 Å². The zero-order chi connectivity index (χ0) is 22.6. The number of carbonyl (C=O) groups is 2. The number of aryl methyl sites for hydroxylation is 1. The Bertz CT molecular complexity index is 1080. The van der Waals surface area contributed by atoms with E-state index in [2.05, 4.69) is 15.5 Å². The highest BCUT2D eigenvalue weighted by atomic mass is 32.2. The molecule has 0 radical (unpaired) electrons. The molecule has 0 aliphatic carbocycles. The highest BCUT2D eigenvalue weighted by Crippen LogP contribution is 2.26. The van der Waals surface area contributed by atoms with Crippen molar-refractivity contribution < 1.29 is 18.0 Å². The average molecular weight is 445 g/mol. The Labute approximate surface area is 183 Å². The first-order valence-corrected chi connectivity index (χ1v) is 11.6. The van der Waals surface area contributed by atoms with E-state index in [-0.39, 0.29) is 22.9 Å². The summed E-state index contributed by atoms with van der Waals surface area (Å²) >= 11 is 0. The number of hydrogen-bond donors (Lipinski definition) is 2. The number of rotatable bonds is 7. The van der Waals surface area contributed by atoms with Crippen molar-refractivity contribution in [1.82, 2.24) is 9.62 Å². The van der Waals surface area contributed by atoms with Gasteiger partial charge in [-0.3, -0.25) is 9.59 Å². The summed E-state index contributed by atoms with van der Waals surface area (Å²) in [7, 11) is -0.803. The predicted octanol–water partition coefficient (Wildman–Crippen LogP) is 2.21. The molecule has 166 valence electrons. The van der Waals surface area contributed by atoms with Gasteiger partial charge in [-0.15, -0.1) is 0 Å². The Morgan fingerprint density at radius 2 is 1.77 bits per heavy atom. The molecule has 1 saturated heterocycles. The quantitative estimate of drug-likeness (QED) is 0.682. The first kappa shape index (κ1) is 22.8. The Morgan fingerprint density at radius 3 is 2.42 bits per heavy atom. The molecule has 2 aromatic rings. The van der Waals surface area contributed by atoms with Crippen molar-refractivity contribution in [2.45, 2.75) is 24.7 Å². The minimum absolute atomic E-state index is 0.0168. The molecule has 0 saturated carbocycles. The summed E-state index contributed by atoms with van der Waals surface area (Å²) in [6, 6.07) is 11.5. The Hall–Kier alpha value is -2.91. The Morgan fingerprint density at radius 1 is 1.06 bits per heavy atom. The Balaban J connectivity index is 1.58. The molecule has 1 aliphatic rings. The molecule has 0 aromatic heterocycles. The van der Waals surface area contributed by atoms with Crippen LogP contribution < -0.4 is 15.5 Å². The molecular weight excluding hydrogens is 416 g/mol. The van der Waals surface area contributed by atoms with E-state index >= 15 is 0 Å². The van der Waals surface area contributed by atoms with Crippen molar-refractivity contribution in [2.75, 3.05) is 43.9 Å². The molecule has 31 heavy (non-hydrogen) atoms. The summed E-state index contributed by atoms with van der Waals surface area (Å²) in [5.74, 6) is -0.884. The predicted molar refractivity (Wildman–Crippen MR) is 121 cm³/mol. The van der Waals surface area contributed by atoms with Crippen LogP contribution in [0.2, 0.25) is 0 Å². The van der Waals surface area contributed by atoms with Crippen LogP contribution in [0, 0.1) is 6.92 Å². The van der Waals surface area contributed by atoms with E-state index in [0.717, 1.165) is 23.0 Å². The summed E-state index contributed by atoms with van der Waals surface area (Å²) < 4.78 is 25.6. The number of sulfonamides is 1. The fourth-order valence-corrected chi connectivity index (χ4v) is 4.47. The highest BCUT2D eigenvalue weighted by Gasteiger charge is 2.19. The van der Waals surface area contributed by atoms with Gasteiger partial charge in [-0.05, 0) is 61.7 Å². The molecule has 2 aromatic carbocycles. The normalized spacial score (nSPS) is 14.0. The number of nitrogens with one attached hydrogen (secondary N) is 2. The van der Waals surface area contributed by atoms with Gasteiger partial charge in [0.1, 0.15) is 0 Å². The van der Waals surface area contributed by atoms with Crippen LogP contribution in [0.3, 0.4) is 0 Å². The summed E-state index contributed by atoms with van der Waals surface area (Å²) in [5.41, 5.74) is 3.10. The molecule has 1 fully saturated rings. The molecule has 0 bridgehead atoms. The maximum Gasteiger partial charge on any atom is 0.251 e. The van der Waals surface area contributed by atoms with Crippen molar-refractivity contribution in [2.24, 2.45) is 0 Å². The second-order valence-electron chi connectivity index (χ2n) is 7.74. The lowest BCUT2D eigenvalue weighted by atomic mass is 10.1. The van der Waals surface area contributed by atoms with Crippen LogP contribution >= 0.6 is 0 Å². The minimum atomic E-state index is -3.65. The molecule has 9 heteroatoms. The number of carbonyl (C=O) groups excluding carboxylic acids is 2. The molecule has 0 unspecified atom stereocenters. The van der Waals surface area contributed by atoms with Crippen molar-refractivity contribution in [1.29, 1.82) is 0 Å². The fourth-order valence-electron chi connectivity index (χ4n) is 3.52. The number of nitrogens with zero attached hydrogens (tertiary/aromatic N) is 2. The standard InChI is InChI=1S/C22H28N4O4S/c1-16-13-18(9-10-20(16)26-11-4-5-12-26)24-21(27)15-23-22(28)17-7-6-8-19(14-17)31(29,30)25(2)3/h6-10,13-14H,4-5,11-12,15H2,1-3H3,(H,23,28)(H,24,27). The van der Waals surface area contributed by atoms with Gasteiger partial charge in [0.2, 0.25) is 15.9 Å². The SMILES string of the molecule is Cc1cc(NC(=O)CNC(=O)c2cccc(S(=O)(=O)N(C)C)c2)ccc1N1CCCC1. The molecule has 2 N–H and O–H groups in total. The van der Waals surface area contributed by atoms with Crippen molar-refractivity contribution >= 4 is 33.2 Å². The van der Waals surface area contributed by atoms with Crippen LogP contribution in [0.1, 0.15) is 28.8 Å². The van der Waals surface area contributed by atoms with E-state index in [4.69, 9.17) is 0 Å². The number of amides is 2. The van der Waals surface area contributed by atoms with Crippen LogP contribution in [-0.4, -0.2) is 58.3 Å². The average Bonchev–Trinajstić information content (AvgIpc) is 3.26. The molecule has 1 heterocycles. The monoisotopic (exact) mass is 444 g/mol. The van der Waals surface area contributed by atoms with Gasteiger partial charge in [0, 0.05) is 44.1 Å². The smallest absolute Gasteiger partial charge is 0.251 e. The first-order chi connectivity index (χ1) is 14.7. The van der Waals surface area contributed by atoms with Gasteiger partial charge in [-0.2, -0.15) is 0 Å². The summed E-state index contributed by atoms with van der Waals surface area (Å²) in [6.45, 7) is 3.89. The summed E-state index contributed by atoms with van der Waals surface area (Å²) in [4.78, 5) is 27.0. The van der Waals surface area contributed by atoms with Crippen LogP contribution in [0.15, 0.2) is 47.4 Å². The zero-order valence-electron chi connectivity index (χ0n) is 18.0. The lowest BCUT2D eigenvalue weighted by molar-refractivity contribution is -0.115. The van der Waals surface area contributed by atoms with Crippen molar-refractivity contribution in [3.63, 3.8) is 0 Å². The van der Waals surface area contributed by atoms with Gasteiger partial charge in [-0.25, -0.2) is 12.7 Å². The molecule has 3 rings (SSSR count). The van der Waals surface area contributed by atoms with E-state index in [1.54, 1.807) is 0 Å². The molecule has 1 aliphatic heterocycles. The maximum atomic E-state index is 12.4. The van der Waals surface area contributed by atoms with Gasteiger partial charge >= 0.3 is 0 Å². The zero-order valence-corrected chi connectivity index (χ0v) is 18.8. The van der Waals surface area contributed by atoms with Crippen LogP contribution in [0.25, 0.3) is 0 Å². The lowest BCUT2D eigenvalue weighted by Gasteiger charge is -2.20. The second-order valence-corrected chi connectivity index (χ2v) is 9.89. The van der Waals surface area contributed by atoms with E-state index in [1.165, 1.54) is 56.9 Å². The van der Waals surface area contributed by atoms with Crippen molar-refractivity contribution in [3.8, 4) is 0 Å². The number of anilines is 2. The molecular formula is C22H28N4O4S. The second kappa shape index (κ2) is 9.49. The van der Waals surface area contributed by atoms with Gasteiger partial charge in [0.15, 0.2) is 0 Å². The summed E-state index contributed by atoms with van der Waals surface area (Å²) in [6.07, 6.45) is 2.39. The first-order valence-electron chi connectivity index (χ1n) is 10.1. The number of benzene rings is 2. The van der Waals surface area contributed by atoms with Gasteiger partial charge in [0.05, 0.1) is 11.4 Å². The molecule has 8 nitrogen and oxygen atoms in total. The third kappa shape index (κ3) is 5.42. The van der Waals surface area contributed by atoms with E-state index in [1.807, 2.05) is 25.1 Å². The third-order valence-electron chi connectivity index (χ3n) is 5.21. The highest BCUT2D eigenvalue weighted by molar-refractivity contribution is 7.89. The van der Waals surface area contributed by atoms with E-state index in [9.17, 15) is 18.0 Å². The lowest BCUT2D eigenvalue weighted by Crippen LogP contribution is -2.33. The third-order valence-corrected chi connectivity index (χ3v) is 7.02. The maximum absolute atomic E-state index is 12.4. The minimum Gasteiger partial charge on any atom is -0.371 e. The molecule has 0 atom stereocenters. The van der Waals surface area contributed by atoms with Crippen LogP contribution in [-0.2, 0) is 14.8 Å². The van der Waals surface area contributed by atoms with Gasteiger partial charge < -0.3 is 15.5 Å². The van der Waals surface area contributed by atoms with Crippen LogP contribution in [0.4, 0.5) is 11.4 Å². The largest absolute Gasteiger partial charge is 0.371 e. The summed E-state index contributed by atoms with van der Waals surface area (Å²) in [5, 5.41) is 5.31. The number of hydrogen-bond acceptors (Lipinski definition) is 5. The van der Waals surface area contributed by atoms with Gasteiger partial charge in [-0.1, -0.05) is 6.07 Å². The topological polar surface area (TPSA) is 98.8 Å². The molecule has 0 spiro atoms. The van der Waals surface area contributed by atoms with E-state index in [0.29, 0.717) is 5.69 Å². The van der Waals surface area contributed by atoms with Crippen molar-refractivity contribution in [3.05, 3.63) is 53.6 Å². The molecule has 2 amide bonds. The van der Waals surface area contributed by atoms with E-state index < -0.39 is 15.9 Å². The van der Waals surface area contributed by atoms with Gasteiger partial charge in [0.25, 0.3) is 5.91 Å². The fraction of sp³-hybridized carbons (Fsp3) is 0.364. The Kier molecular flexibility index (Phi) is 6.97.